The highest BCUT2D eigenvalue weighted by Gasteiger charge is 2.14. The number of ether oxygens (including phenoxy) is 1. The number of hydrogen-bond acceptors (Lipinski definition) is 2. The van der Waals surface area contributed by atoms with Gasteiger partial charge in [-0.15, -0.1) is 0 Å². The van der Waals surface area contributed by atoms with Crippen LogP contribution in [0.25, 0.3) is 0 Å². The van der Waals surface area contributed by atoms with E-state index in [2.05, 4.69) is 21.2 Å². The van der Waals surface area contributed by atoms with Crippen molar-refractivity contribution in [3.8, 4) is 5.75 Å². The Balaban J connectivity index is 2.49. The molecule has 1 aliphatic rings. The Morgan fingerprint density at radius 1 is 1.54 bits per heavy atom. The summed E-state index contributed by atoms with van der Waals surface area (Å²) in [4.78, 5) is 0.725. The summed E-state index contributed by atoms with van der Waals surface area (Å²) in [6.45, 7) is 2.50. The molecule has 1 aliphatic heterocycles. The molecule has 0 amide bonds. The first-order chi connectivity index (χ1) is 6.16. The number of aryl methyl sites for hydroxylation is 1. The molecule has 0 saturated carbocycles. The van der Waals surface area contributed by atoms with Gasteiger partial charge >= 0.3 is 0 Å². The monoisotopic (exact) mass is 257 g/mol. The summed E-state index contributed by atoms with van der Waals surface area (Å²) in [5, 5.41) is 3.10. The van der Waals surface area contributed by atoms with Crippen molar-refractivity contribution < 1.29 is 4.74 Å². The van der Waals surface area contributed by atoms with Crippen LogP contribution in [0.5, 0.6) is 5.75 Å². The Kier molecular flexibility index (Phi) is 2.26. The molecular formula is C9H8BrNOS. The van der Waals surface area contributed by atoms with Gasteiger partial charge in [-0.25, -0.2) is 0 Å². The van der Waals surface area contributed by atoms with Crippen molar-refractivity contribution >= 4 is 38.8 Å². The summed E-state index contributed by atoms with van der Waals surface area (Å²) < 4.78 is 6.51. The molecule has 1 N–H and O–H groups in total. The summed E-state index contributed by atoms with van der Waals surface area (Å²) in [5.41, 5.74) is 2.10. The average molecular weight is 258 g/mol. The Morgan fingerprint density at radius 2 is 2.31 bits per heavy atom. The number of fused-ring (bicyclic) bond motifs is 1. The quantitative estimate of drug-likeness (QED) is 0.723. The van der Waals surface area contributed by atoms with E-state index < -0.39 is 0 Å². The van der Waals surface area contributed by atoms with Crippen molar-refractivity contribution in [2.75, 3.05) is 11.9 Å². The molecular weight excluding hydrogens is 250 g/mol. The van der Waals surface area contributed by atoms with Crippen molar-refractivity contribution in [2.24, 2.45) is 0 Å². The summed E-state index contributed by atoms with van der Waals surface area (Å²) in [7, 11) is 0. The highest BCUT2D eigenvalue weighted by molar-refractivity contribution is 9.10. The third kappa shape index (κ3) is 1.69. The van der Waals surface area contributed by atoms with E-state index in [4.69, 9.17) is 17.0 Å². The van der Waals surface area contributed by atoms with Gasteiger partial charge in [-0.1, -0.05) is 28.1 Å². The van der Waals surface area contributed by atoms with Crippen molar-refractivity contribution in [3.05, 3.63) is 22.2 Å². The maximum absolute atomic E-state index is 5.45. The van der Waals surface area contributed by atoms with E-state index >= 15 is 0 Å². The number of anilines is 1. The molecule has 1 heterocycles. The first kappa shape index (κ1) is 8.97. The Labute approximate surface area is 90.4 Å². The molecule has 1 aromatic rings. The second-order valence-corrected chi connectivity index (χ2v) is 4.28. The number of halogens is 1. The molecule has 0 aromatic heterocycles. The predicted molar refractivity (Wildman–Crippen MR) is 60.6 cm³/mol. The third-order valence-corrected chi connectivity index (χ3v) is 2.97. The smallest absolute Gasteiger partial charge is 0.143 e. The summed E-state index contributed by atoms with van der Waals surface area (Å²) in [6, 6.07) is 3.98. The van der Waals surface area contributed by atoms with E-state index in [0.29, 0.717) is 6.61 Å². The normalized spacial score (nSPS) is 14.5. The molecule has 0 saturated heterocycles. The average Bonchev–Trinajstić information content (AvgIpc) is 2.08. The minimum Gasteiger partial charge on any atom is -0.484 e. The Hall–Kier alpha value is -0.610. The van der Waals surface area contributed by atoms with Gasteiger partial charge in [-0.3, -0.25) is 0 Å². The number of hydrogen-bond donors (Lipinski definition) is 1. The molecule has 0 atom stereocenters. The van der Waals surface area contributed by atoms with Crippen molar-refractivity contribution in [1.82, 2.24) is 0 Å². The fourth-order valence-corrected chi connectivity index (χ4v) is 1.71. The zero-order valence-corrected chi connectivity index (χ0v) is 9.46. The zero-order chi connectivity index (χ0) is 9.42. The minimum atomic E-state index is 0.476. The van der Waals surface area contributed by atoms with Gasteiger partial charge in [0.25, 0.3) is 0 Å². The van der Waals surface area contributed by atoms with Gasteiger partial charge in [0.15, 0.2) is 0 Å². The lowest BCUT2D eigenvalue weighted by atomic mass is 10.2. The van der Waals surface area contributed by atoms with Crippen molar-refractivity contribution in [3.63, 3.8) is 0 Å². The lowest BCUT2D eigenvalue weighted by Crippen LogP contribution is -2.23. The summed E-state index contributed by atoms with van der Waals surface area (Å²) in [5.74, 6) is 0.870. The number of benzene rings is 1. The molecule has 0 aliphatic carbocycles. The van der Waals surface area contributed by atoms with Crippen LogP contribution in [-0.2, 0) is 0 Å². The number of thiocarbonyl (C=S) groups is 1. The molecule has 0 bridgehead atoms. The van der Waals surface area contributed by atoms with Crippen LogP contribution in [0.15, 0.2) is 16.6 Å². The molecule has 0 unspecified atom stereocenters. The van der Waals surface area contributed by atoms with Gasteiger partial charge in [0, 0.05) is 4.47 Å². The molecule has 13 heavy (non-hydrogen) atoms. The molecule has 0 spiro atoms. The van der Waals surface area contributed by atoms with Crippen molar-refractivity contribution in [1.29, 1.82) is 0 Å². The molecule has 0 radical (unpaired) electrons. The van der Waals surface area contributed by atoms with Crippen LogP contribution < -0.4 is 10.1 Å². The van der Waals surface area contributed by atoms with Gasteiger partial charge in [0.2, 0.25) is 0 Å². The number of nitrogens with one attached hydrogen (secondary N) is 1. The first-order valence-electron chi connectivity index (χ1n) is 3.89. The fourth-order valence-electron chi connectivity index (χ4n) is 1.20. The first-order valence-corrected chi connectivity index (χ1v) is 5.10. The van der Waals surface area contributed by atoms with Crippen LogP contribution in [0.2, 0.25) is 0 Å². The summed E-state index contributed by atoms with van der Waals surface area (Å²) >= 11 is 8.46. The summed E-state index contributed by atoms with van der Waals surface area (Å²) in [6.07, 6.45) is 0. The van der Waals surface area contributed by atoms with Gasteiger partial charge < -0.3 is 10.1 Å². The second kappa shape index (κ2) is 3.27. The van der Waals surface area contributed by atoms with Crippen LogP contribution in [-0.4, -0.2) is 11.6 Å². The molecule has 2 nitrogen and oxygen atoms in total. The van der Waals surface area contributed by atoms with E-state index in [1.165, 1.54) is 0 Å². The van der Waals surface area contributed by atoms with Crippen LogP contribution in [0.3, 0.4) is 0 Å². The fraction of sp³-hybridized carbons (Fsp3) is 0.222. The van der Waals surface area contributed by atoms with E-state index in [1.807, 2.05) is 19.1 Å². The van der Waals surface area contributed by atoms with Gasteiger partial charge in [-0.05, 0) is 24.6 Å². The number of rotatable bonds is 0. The molecule has 68 valence electrons. The van der Waals surface area contributed by atoms with Crippen molar-refractivity contribution in [2.45, 2.75) is 6.92 Å². The van der Waals surface area contributed by atoms with E-state index in [-0.39, 0.29) is 0 Å². The highest BCUT2D eigenvalue weighted by Crippen LogP contribution is 2.33. The van der Waals surface area contributed by atoms with E-state index in [1.54, 1.807) is 0 Å². The van der Waals surface area contributed by atoms with Gasteiger partial charge in [-0.2, -0.15) is 0 Å². The zero-order valence-electron chi connectivity index (χ0n) is 7.06. The second-order valence-electron chi connectivity index (χ2n) is 2.93. The topological polar surface area (TPSA) is 21.3 Å². The third-order valence-electron chi connectivity index (χ3n) is 1.89. The van der Waals surface area contributed by atoms with Crippen LogP contribution in [0, 0.1) is 6.92 Å². The highest BCUT2D eigenvalue weighted by atomic mass is 79.9. The largest absolute Gasteiger partial charge is 0.484 e. The maximum atomic E-state index is 5.45. The standard InChI is InChI=1S/C9H8BrNOS/c1-5-2-8-7(3-6(5)10)11-9(13)4-12-8/h2-3H,4H2,1H3,(H,11,13). The minimum absolute atomic E-state index is 0.476. The SMILES string of the molecule is Cc1cc2c(cc1Br)NC(=S)CO2. The molecule has 2 rings (SSSR count). The molecule has 4 heteroatoms. The Morgan fingerprint density at radius 3 is 3.08 bits per heavy atom. The maximum Gasteiger partial charge on any atom is 0.143 e. The van der Waals surface area contributed by atoms with Crippen LogP contribution >= 0.6 is 28.1 Å². The molecule has 1 aromatic carbocycles. The van der Waals surface area contributed by atoms with Crippen LogP contribution in [0.4, 0.5) is 5.69 Å². The van der Waals surface area contributed by atoms with Gasteiger partial charge in [0.05, 0.1) is 5.69 Å². The lowest BCUT2D eigenvalue weighted by molar-refractivity contribution is 0.374. The van der Waals surface area contributed by atoms with Gasteiger partial charge in [0.1, 0.15) is 17.3 Å². The predicted octanol–water partition coefficient (Wildman–Crippen LogP) is 2.89. The van der Waals surface area contributed by atoms with E-state index in [9.17, 15) is 0 Å². The van der Waals surface area contributed by atoms with E-state index in [0.717, 1.165) is 26.5 Å². The lowest BCUT2D eigenvalue weighted by Gasteiger charge is -2.20. The van der Waals surface area contributed by atoms with Crippen LogP contribution in [0.1, 0.15) is 5.56 Å². The molecule has 0 fully saturated rings. The Bertz CT molecular complexity index is 378.